The SMILES string of the molecule is CC(C)(C)c1ccccc1N1c2ccccc2NC1(C)c1ccc(C(F)(F)F)cc1. The number of nitrogens with zero attached hydrogens (tertiary/aromatic N) is 1. The van der Waals surface area contributed by atoms with Crippen molar-refractivity contribution in [2.75, 3.05) is 10.2 Å². The lowest BCUT2D eigenvalue weighted by atomic mass is 9.84. The fourth-order valence-electron chi connectivity index (χ4n) is 4.19. The van der Waals surface area contributed by atoms with Crippen molar-refractivity contribution in [2.45, 2.75) is 44.9 Å². The summed E-state index contributed by atoms with van der Waals surface area (Å²) in [4.78, 5) is 2.20. The maximum Gasteiger partial charge on any atom is 0.416 e. The van der Waals surface area contributed by atoms with Crippen LogP contribution in [0.25, 0.3) is 0 Å². The van der Waals surface area contributed by atoms with Gasteiger partial charge in [0, 0.05) is 5.69 Å². The molecule has 1 aliphatic heterocycles. The fraction of sp³-hybridized carbons (Fsp3) is 0.280. The maximum absolute atomic E-state index is 13.1. The van der Waals surface area contributed by atoms with E-state index in [1.54, 1.807) is 12.1 Å². The number of nitrogens with one attached hydrogen (secondary N) is 1. The number of hydrogen-bond acceptors (Lipinski definition) is 2. The third-order valence-electron chi connectivity index (χ3n) is 5.70. The number of anilines is 3. The molecule has 3 aromatic carbocycles. The predicted molar refractivity (Wildman–Crippen MR) is 116 cm³/mol. The molecule has 5 heteroatoms. The molecular formula is C25H25F3N2. The molecule has 1 N–H and O–H groups in total. The van der Waals surface area contributed by atoms with Crippen LogP contribution >= 0.6 is 0 Å². The van der Waals surface area contributed by atoms with Gasteiger partial charge in [-0.2, -0.15) is 13.2 Å². The highest BCUT2D eigenvalue weighted by Crippen LogP contribution is 2.51. The zero-order valence-corrected chi connectivity index (χ0v) is 17.5. The average molecular weight is 410 g/mol. The van der Waals surface area contributed by atoms with E-state index in [2.05, 4.69) is 43.1 Å². The molecule has 0 aromatic heterocycles. The lowest BCUT2D eigenvalue weighted by Gasteiger charge is -2.40. The molecule has 0 bridgehead atoms. The molecule has 0 saturated heterocycles. The van der Waals surface area contributed by atoms with Gasteiger partial charge in [-0.3, -0.25) is 0 Å². The highest BCUT2D eigenvalue weighted by Gasteiger charge is 2.43. The standard InChI is InChI=1S/C25H25F3N2/c1-23(2,3)19-9-5-7-11-21(19)30-22-12-8-6-10-20(22)29-24(30,4)17-13-15-18(16-14-17)25(26,27)28/h5-16,29H,1-4H3. The third-order valence-corrected chi connectivity index (χ3v) is 5.70. The van der Waals surface area contributed by atoms with Gasteiger partial charge < -0.3 is 10.2 Å². The second-order valence-electron chi connectivity index (χ2n) is 8.89. The summed E-state index contributed by atoms with van der Waals surface area (Å²) in [7, 11) is 0. The van der Waals surface area contributed by atoms with Gasteiger partial charge in [-0.05, 0) is 53.8 Å². The molecule has 0 spiro atoms. The summed E-state index contributed by atoms with van der Waals surface area (Å²) in [6, 6.07) is 21.6. The first kappa shape index (κ1) is 20.3. The van der Waals surface area contributed by atoms with E-state index in [4.69, 9.17) is 0 Å². The number of halogens is 3. The summed E-state index contributed by atoms with van der Waals surface area (Å²) >= 11 is 0. The predicted octanol–water partition coefficient (Wildman–Crippen LogP) is 7.44. The van der Waals surface area contributed by atoms with Crippen molar-refractivity contribution < 1.29 is 13.2 Å². The van der Waals surface area contributed by atoms with Crippen molar-refractivity contribution in [1.82, 2.24) is 0 Å². The van der Waals surface area contributed by atoms with Crippen LogP contribution in [0.2, 0.25) is 0 Å². The molecule has 30 heavy (non-hydrogen) atoms. The van der Waals surface area contributed by atoms with Crippen LogP contribution in [0.5, 0.6) is 0 Å². The molecule has 4 rings (SSSR count). The topological polar surface area (TPSA) is 15.3 Å². The zero-order chi connectivity index (χ0) is 21.7. The van der Waals surface area contributed by atoms with Gasteiger partial charge in [-0.15, -0.1) is 0 Å². The smallest absolute Gasteiger partial charge is 0.357 e. The summed E-state index contributed by atoms with van der Waals surface area (Å²) in [6.45, 7) is 8.50. The number of benzene rings is 3. The molecule has 156 valence electrons. The largest absolute Gasteiger partial charge is 0.416 e. The van der Waals surface area contributed by atoms with E-state index in [0.717, 1.165) is 34.8 Å². The first-order valence-electron chi connectivity index (χ1n) is 9.96. The van der Waals surface area contributed by atoms with Gasteiger partial charge in [0.1, 0.15) is 5.66 Å². The van der Waals surface area contributed by atoms with E-state index in [0.29, 0.717) is 0 Å². The minimum atomic E-state index is -4.36. The summed E-state index contributed by atoms with van der Waals surface area (Å²) in [5, 5.41) is 3.56. The molecular weight excluding hydrogens is 385 g/mol. The van der Waals surface area contributed by atoms with Crippen LogP contribution in [-0.2, 0) is 17.3 Å². The van der Waals surface area contributed by atoms with Crippen molar-refractivity contribution >= 4 is 17.1 Å². The molecule has 0 fully saturated rings. The van der Waals surface area contributed by atoms with Gasteiger partial charge in [0.25, 0.3) is 0 Å². The monoisotopic (exact) mass is 410 g/mol. The van der Waals surface area contributed by atoms with Crippen molar-refractivity contribution in [1.29, 1.82) is 0 Å². The first-order chi connectivity index (χ1) is 14.0. The van der Waals surface area contributed by atoms with Gasteiger partial charge in [0.2, 0.25) is 0 Å². The third kappa shape index (κ3) is 3.32. The summed E-state index contributed by atoms with van der Waals surface area (Å²) in [5.74, 6) is 0. The van der Waals surface area contributed by atoms with Crippen molar-refractivity contribution in [3.63, 3.8) is 0 Å². The van der Waals surface area contributed by atoms with E-state index in [1.807, 2.05) is 43.3 Å². The Bertz CT molecular complexity index is 1060. The molecule has 0 saturated carbocycles. The lowest BCUT2D eigenvalue weighted by molar-refractivity contribution is -0.137. The zero-order valence-electron chi connectivity index (χ0n) is 17.5. The van der Waals surface area contributed by atoms with Crippen LogP contribution in [0, 0.1) is 0 Å². The molecule has 0 aliphatic carbocycles. The van der Waals surface area contributed by atoms with Crippen molar-refractivity contribution in [3.05, 3.63) is 89.5 Å². The number of para-hydroxylation sites is 3. The van der Waals surface area contributed by atoms with Crippen LogP contribution in [0.15, 0.2) is 72.8 Å². The number of rotatable bonds is 2. The maximum atomic E-state index is 13.1. The summed E-state index contributed by atoms with van der Waals surface area (Å²) < 4.78 is 39.3. The van der Waals surface area contributed by atoms with E-state index in [9.17, 15) is 13.2 Å². The highest BCUT2D eigenvalue weighted by molar-refractivity contribution is 5.86. The molecule has 0 radical (unpaired) electrons. The fourth-order valence-corrected chi connectivity index (χ4v) is 4.19. The van der Waals surface area contributed by atoms with Crippen molar-refractivity contribution in [2.24, 2.45) is 0 Å². The Morgan fingerprint density at radius 2 is 1.33 bits per heavy atom. The van der Waals surface area contributed by atoms with Crippen LogP contribution < -0.4 is 10.2 Å². The minimum absolute atomic E-state index is 0.102. The lowest BCUT2D eigenvalue weighted by Crippen LogP contribution is -2.43. The Morgan fingerprint density at radius 3 is 1.93 bits per heavy atom. The Balaban J connectivity index is 1.91. The molecule has 1 atom stereocenters. The quantitative estimate of drug-likeness (QED) is 0.472. The normalized spacial score (nSPS) is 18.8. The molecule has 1 unspecified atom stereocenters. The minimum Gasteiger partial charge on any atom is -0.357 e. The molecule has 3 aromatic rings. The Morgan fingerprint density at radius 1 is 0.767 bits per heavy atom. The summed E-state index contributed by atoms with van der Waals surface area (Å²) in [5.41, 5.74) is 3.42. The van der Waals surface area contributed by atoms with Crippen LogP contribution in [0.4, 0.5) is 30.2 Å². The highest BCUT2D eigenvalue weighted by atomic mass is 19.4. The number of hydrogen-bond donors (Lipinski definition) is 1. The Kier molecular flexibility index (Phi) is 4.60. The van der Waals surface area contributed by atoms with E-state index >= 15 is 0 Å². The molecule has 1 aliphatic rings. The number of alkyl halides is 3. The van der Waals surface area contributed by atoms with Gasteiger partial charge in [0.05, 0.1) is 16.9 Å². The van der Waals surface area contributed by atoms with E-state index in [1.165, 1.54) is 5.56 Å². The van der Waals surface area contributed by atoms with Crippen molar-refractivity contribution in [3.8, 4) is 0 Å². The number of fused-ring (bicyclic) bond motifs is 1. The van der Waals surface area contributed by atoms with Gasteiger partial charge >= 0.3 is 6.18 Å². The first-order valence-corrected chi connectivity index (χ1v) is 9.96. The second kappa shape index (κ2) is 6.79. The molecule has 1 heterocycles. The van der Waals surface area contributed by atoms with Gasteiger partial charge in [0.15, 0.2) is 0 Å². The molecule has 2 nitrogen and oxygen atoms in total. The van der Waals surface area contributed by atoms with Crippen LogP contribution in [-0.4, -0.2) is 0 Å². The van der Waals surface area contributed by atoms with Gasteiger partial charge in [-0.25, -0.2) is 0 Å². The molecule has 0 amide bonds. The summed E-state index contributed by atoms with van der Waals surface area (Å²) in [6.07, 6.45) is -4.36. The van der Waals surface area contributed by atoms with E-state index < -0.39 is 17.4 Å². The van der Waals surface area contributed by atoms with Crippen LogP contribution in [0.3, 0.4) is 0 Å². The Hall–Kier alpha value is -2.95. The Labute approximate surface area is 175 Å². The van der Waals surface area contributed by atoms with E-state index in [-0.39, 0.29) is 5.41 Å². The average Bonchev–Trinajstić information content (AvgIpc) is 3.00. The van der Waals surface area contributed by atoms with Gasteiger partial charge in [-0.1, -0.05) is 63.2 Å². The van der Waals surface area contributed by atoms with Crippen LogP contribution in [0.1, 0.15) is 44.4 Å². The second-order valence-corrected chi connectivity index (χ2v) is 8.89.